The van der Waals surface area contributed by atoms with E-state index in [0.717, 1.165) is 10.3 Å². The number of halogens is 1. The fraction of sp³-hybridized carbons (Fsp3) is 0.100. The molecule has 4 aromatic rings. The van der Waals surface area contributed by atoms with Crippen molar-refractivity contribution < 1.29 is 9.50 Å². The van der Waals surface area contributed by atoms with E-state index in [-0.39, 0.29) is 12.1 Å². The van der Waals surface area contributed by atoms with E-state index in [4.69, 9.17) is 0 Å². The van der Waals surface area contributed by atoms with Gasteiger partial charge < -0.3 is 5.11 Å². The van der Waals surface area contributed by atoms with Gasteiger partial charge in [0.1, 0.15) is 11.5 Å². The van der Waals surface area contributed by atoms with Crippen molar-refractivity contribution in [3.63, 3.8) is 0 Å². The highest BCUT2D eigenvalue weighted by atomic mass is 32.1. The molecule has 0 aliphatic rings. The summed E-state index contributed by atoms with van der Waals surface area (Å²) in [6.45, 7) is -0.0501. The number of hydrogen-bond acceptors (Lipinski definition) is 4. The van der Waals surface area contributed by atoms with Crippen molar-refractivity contribution in [1.82, 2.24) is 9.78 Å². The molecule has 0 saturated heterocycles. The van der Waals surface area contributed by atoms with Crippen molar-refractivity contribution >= 4 is 22.1 Å². The van der Waals surface area contributed by atoms with Crippen LogP contribution >= 0.6 is 11.3 Å². The number of rotatable bonds is 4. The third-order valence-electron chi connectivity index (χ3n) is 4.20. The van der Waals surface area contributed by atoms with Crippen molar-refractivity contribution in [2.24, 2.45) is 0 Å². The topological polar surface area (TPSA) is 55.1 Å². The lowest BCUT2D eigenvalue weighted by atomic mass is 10.1. The summed E-state index contributed by atoms with van der Waals surface area (Å²) in [6, 6.07) is 16.9. The van der Waals surface area contributed by atoms with Crippen LogP contribution in [0.3, 0.4) is 0 Å². The van der Waals surface area contributed by atoms with Gasteiger partial charge in [0.25, 0.3) is 5.56 Å². The fourth-order valence-corrected chi connectivity index (χ4v) is 3.66. The zero-order valence-corrected chi connectivity index (χ0v) is 14.5. The van der Waals surface area contributed by atoms with Gasteiger partial charge in [0.05, 0.1) is 22.9 Å². The molecule has 0 spiro atoms. The minimum atomic E-state index is -1.03. The Morgan fingerprint density at radius 2 is 1.88 bits per heavy atom. The minimum Gasteiger partial charge on any atom is -0.386 e. The number of aliphatic hydroxyl groups is 1. The Labute approximate surface area is 152 Å². The molecule has 26 heavy (non-hydrogen) atoms. The van der Waals surface area contributed by atoms with Crippen LogP contribution in [0.1, 0.15) is 11.7 Å². The Hall–Kier alpha value is -2.83. The zero-order valence-electron chi connectivity index (χ0n) is 13.7. The lowest BCUT2D eigenvalue weighted by Crippen LogP contribution is -2.26. The van der Waals surface area contributed by atoms with E-state index in [0.29, 0.717) is 16.6 Å². The van der Waals surface area contributed by atoms with Crippen LogP contribution in [0.15, 0.2) is 70.8 Å². The second kappa shape index (κ2) is 6.82. The smallest absolute Gasteiger partial charge is 0.274 e. The predicted octanol–water partition coefficient (Wildman–Crippen LogP) is 4.00. The van der Waals surface area contributed by atoms with Crippen LogP contribution < -0.4 is 5.56 Å². The van der Waals surface area contributed by atoms with Crippen molar-refractivity contribution in [2.45, 2.75) is 12.6 Å². The summed E-state index contributed by atoms with van der Waals surface area (Å²) < 4.78 is 14.7. The highest BCUT2D eigenvalue weighted by molar-refractivity contribution is 7.13. The van der Waals surface area contributed by atoms with E-state index in [1.807, 2.05) is 29.6 Å². The molecular weight excluding hydrogens is 351 g/mol. The standard InChI is InChI=1S/C20H15FN2O2S/c21-14-6-3-5-13(11-14)17(24)12-23-20(25)16-8-2-1-7-15(16)19(22-23)18-9-4-10-26-18/h1-11,17,24H,12H2. The van der Waals surface area contributed by atoms with Crippen molar-refractivity contribution in [1.29, 1.82) is 0 Å². The zero-order chi connectivity index (χ0) is 18.1. The summed E-state index contributed by atoms with van der Waals surface area (Å²) in [5.41, 5.74) is 0.822. The molecule has 2 aromatic heterocycles. The van der Waals surface area contributed by atoms with Gasteiger partial charge in [-0.15, -0.1) is 11.3 Å². The van der Waals surface area contributed by atoms with Crippen molar-refractivity contribution in [3.05, 3.63) is 87.8 Å². The molecule has 1 unspecified atom stereocenters. The number of aromatic nitrogens is 2. The van der Waals surface area contributed by atoms with Crippen molar-refractivity contribution in [3.8, 4) is 10.6 Å². The molecule has 4 nitrogen and oxygen atoms in total. The summed E-state index contributed by atoms with van der Waals surface area (Å²) in [5, 5.41) is 18.2. The van der Waals surface area contributed by atoms with E-state index in [1.165, 1.54) is 34.2 Å². The molecular formula is C20H15FN2O2S. The SMILES string of the molecule is O=c1c2ccccc2c(-c2cccs2)nn1CC(O)c1cccc(F)c1. The molecule has 0 aliphatic carbocycles. The maximum Gasteiger partial charge on any atom is 0.274 e. The Kier molecular flexibility index (Phi) is 4.36. The Bertz CT molecular complexity index is 1120. The van der Waals surface area contributed by atoms with Gasteiger partial charge in [-0.05, 0) is 35.2 Å². The maximum absolute atomic E-state index is 13.4. The van der Waals surface area contributed by atoms with Gasteiger partial charge in [0, 0.05) is 5.39 Å². The number of thiophene rings is 1. The van der Waals surface area contributed by atoms with Crippen molar-refractivity contribution in [2.75, 3.05) is 0 Å². The van der Waals surface area contributed by atoms with Crippen LogP contribution in [0.5, 0.6) is 0 Å². The molecule has 130 valence electrons. The molecule has 0 fully saturated rings. The van der Waals surface area contributed by atoms with Crippen LogP contribution in [0.2, 0.25) is 0 Å². The average molecular weight is 366 g/mol. The molecule has 2 heterocycles. The number of fused-ring (bicyclic) bond motifs is 1. The van der Waals surface area contributed by atoms with Gasteiger partial charge in [-0.25, -0.2) is 9.07 Å². The van der Waals surface area contributed by atoms with E-state index in [9.17, 15) is 14.3 Å². The first kappa shape index (κ1) is 16.6. The lowest BCUT2D eigenvalue weighted by Gasteiger charge is -2.14. The summed E-state index contributed by atoms with van der Waals surface area (Å²) in [4.78, 5) is 13.7. The maximum atomic E-state index is 13.4. The molecule has 2 aromatic carbocycles. The highest BCUT2D eigenvalue weighted by Gasteiger charge is 2.16. The third kappa shape index (κ3) is 3.05. The third-order valence-corrected chi connectivity index (χ3v) is 5.08. The molecule has 1 N–H and O–H groups in total. The molecule has 6 heteroatoms. The molecule has 0 bridgehead atoms. The van der Waals surface area contributed by atoms with Gasteiger partial charge in [0.2, 0.25) is 0 Å². The van der Waals surface area contributed by atoms with E-state index in [1.54, 1.807) is 18.2 Å². The van der Waals surface area contributed by atoms with Gasteiger partial charge in [-0.1, -0.05) is 36.4 Å². The first-order chi connectivity index (χ1) is 12.6. The molecule has 0 saturated carbocycles. The number of benzene rings is 2. The molecule has 0 amide bonds. The normalized spacial score (nSPS) is 12.4. The van der Waals surface area contributed by atoms with E-state index in [2.05, 4.69) is 5.10 Å². The second-order valence-corrected chi connectivity index (χ2v) is 6.88. The average Bonchev–Trinajstić information content (AvgIpc) is 3.18. The lowest BCUT2D eigenvalue weighted by molar-refractivity contribution is 0.149. The first-order valence-corrected chi connectivity index (χ1v) is 8.99. The second-order valence-electron chi connectivity index (χ2n) is 5.93. The molecule has 4 rings (SSSR count). The van der Waals surface area contributed by atoms with Gasteiger partial charge in [-0.3, -0.25) is 4.79 Å². The molecule has 0 aliphatic heterocycles. The van der Waals surface area contributed by atoms with Gasteiger partial charge in [-0.2, -0.15) is 5.10 Å². The fourth-order valence-electron chi connectivity index (χ4n) is 2.94. The predicted molar refractivity (Wildman–Crippen MR) is 101 cm³/mol. The van der Waals surface area contributed by atoms with Crippen LogP contribution in [-0.2, 0) is 6.54 Å². The Balaban J connectivity index is 1.83. The number of nitrogens with zero attached hydrogens (tertiary/aromatic N) is 2. The first-order valence-electron chi connectivity index (χ1n) is 8.11. The minimum absolute atomic E-state index is 0.0501. The van der Waals surface area contributed by atoms with Crippen LogP contribution in [0, 0.1) is 5.82 Å². The Morgan fingerprint density at radius 3 is 2.62 bits per heavy atom. The molecule has 1 atom stereocenters. The highest BCUT2D eigenvalue weighted by Crippen LogP contribution is 2.28. The van der Waals surface area contributed by atoms with E-state index < -0.39 is 11.9 Å². The summed E-state index contributed by atoms with van der Waals surface area (Å²) in [7, 11) is 0. The number of hydrogen-bond donors (Lipinski definition) is 1. The number of aliphatic hydroxyl groups excluding tert-OH is 1. The summed E-state index contributed by atoms with van der Waals surface area (Å²) in [5.74, 6) is -0.431. The summed E-state index contributed by atoms with van der Waals surface area (Å²) in [6.07, 6.45) is -1.03. The quantitative estimate of drug-likeness (QED) is 0.594. The monoisotopic (exact) mass is 366 g/mol. The summed E-state index contributed by atoms with van der Waals surface area (Å²) >= 11 is 1.53. The van der Waals surface area contributed by atoms with Gasteiger partial charge >= 0.3 is 0 Å². The van der Waals surface area contributed by atoms with Crippen LogP contribution in [-0.4, -0.2) is 14.9 Å². The largest absolute Gasteiger partial charge is 0.386 e. The van der Waals surface area contributed by atoms with Crippen LogP contribution in [0.25, 0.3) is 21.3 Å². The molecule has 0 radical (unpaired) electrons. The van der Waals surface area contributed by atoms with Gasteiger partial charge in [0.15, 0.2) is 0 Å². The Morgan fingerprint density at radius 1 is 1.08 bits per heavy atom. The van der Waals surface area contributed by atoms with Crippen LogP contribution in [0.4, 0.5) is 4.39 Å². The van der Waals surface area contributed by atoms with E-state index >= 15 is 0 Å².